The number of benzene rings is 1. The van der Waals surface area contributed by atoms with Gasteiger partial charge in [-0.3, -0.25) is 14.4 Å². The average Bonchev–Trinajstić information content (AvgIpc) is 3.00. The zero-order chi connectivity index (χ0) is 19.2. The van der Waals surface area contributed by atoms with Crippen LogP contribution in [0.5, 0.6) is 0 Å². The molecule has 1 aromatic rings. The van der Waals surface area contributed by atoms with E-state index < -0.39 is 4.87 Å². The van der Waals surface area contributed by atoms with Crippen molar-refractivity contribution in [3.8, 4) is 0 Å². The molecular formula is C18H22N4O3S. The summed E-state index contributed by atoms with van der Waals surface area (Å²) in [7, 11) is 0. The molecular weight excluding hydrogens is 352 g/mol. The van der Waals surface area contributed by atoms with Crippen LogP contribution in [0.3, 0.4) is 0 Å². The van der Waals surface area contributed by atoms with Crippen LogP contribution in [0.25, 0.3) is 0 Å². The van der Waals surface area contributed by atoms with Crippen LogP contribution in [0.15, 0.2) is 23.3 Å². The number of nitrogens with zero attached hydrogens (tertiary/aromatic N) is 3. The molecule has 1 atom stereocenters. The summed E-state index contributed by atoms with van der Waals surface area (Å²) in [5, 5.41) is 8.30. The first-order chi connectivity index (χ1) is 12.2. The molecule has 0 saturated carbocycles. The molecule has 0 bridgehead atoms. The monoisotopic (exact) mass is 374 g/mol. The van der Waals surface area contributed by atoms with E-state index in [-0.39, 0.29) is 28.8 Å². The quantitative estimate of drug-likeness (QED) is 0.860. The summed E-state index contributed by atoms with van der Waals surface area (Å²) in [5.74, 6) is -0.606. The molecule has 26 heavy (non-hydrogen) atoms. The van der Waals surface area contributed by atoms with Gasteiger partial charge in [0, 0.05) is 26.0 Å². The molecule has 0 radical (unpaired) electrons. The highest BCUT2D eigenvalue weighted by molar-refractivity contribution is 8.15. The maximum absolute atomic E-state index is 13.5. The minimum Gasteiger partial charge on any atom is -0.308 e. The Hall–Kier alpha value is -2.35. The minimum atomic E-state index is -1.31. The number of hydrazone groups is 1. The third kappa shape index (κ3) is 2.68. The Kier molecular flexibility index (Phi) is 4.56. The number of anilines is 1. The average molecular weight is 374 g/mol. The van der Waals surface area contributed by atoms with Crippen LogP contribution >= 0.6 is 11.8 Å². The van der Waals surface area contributed by atoms with Gasteiger partial charge in [0.25, 0.3) is 5.91 Å². The fourth-order valence-corrected chi connectivity index (χ4v) is 4.72. The second kappa shape index (κ2) is 6.42. The van der Waals surface area contributed by atoms with Crippen molar-refractivity contribution >= 4 is 40.3 Å². The molecule has 0 fully saturated rings. The lowest BCUT2D eigenvalue weighted by atomic mass is 10.0. The van der Waals surface area contributed by atoms with Gasteiger partial charge in [-0.05, 0) is 30.2 Å². The Morgan fingerprint density at radius 3 is 2.58 bits per heavy atom. The molecule has 0 saturated heterocycles. The maximum atomic E-state index is 13.5. The van der Waals surface area contributed by atoms with Crippen LogP contribution in [0, 0.1) is 12.8 Å². The molecule has 2 aliphatic heterocycles. The molecule has 0 aromatic heterocycles. The lowest BCUT2D eigenvalue weighted by molar-refractivity contribution is -0.139. The summed E-state index contributed by atoms with van der Waals surface area (Å²) >= 11 is 1.11. The Balaban J connectivity index is 2.18. The van der Waals surface area contributed by atoms with Gasteiger partial charge in [0.05, 0.1) is 5.69 Å². The third-order valence-corrected chi connectivity index (χ3v) is 5.51. The summed E-state index contributed by atoms with van der Waals surface area (Å²) in [6, 6.07) is 5.68. The Bertz CT molecular complexity index is 836. The molecule has 1 unspecified atom stereocenters. The third-order valence-electron chi connectivity index (χ3n) is 4.27. The summed E-state index contributed by atoms with van der Waals surface area (Å²) in [6.07, 6.45) is 0. The minimum absolute atomic E-state index is 0.209. The van der Waals surface area contributed by atoms with Crippen LogP contribution < -0.4 is 10.2 Å². The lowest BCUT2D eigenvalue weighted by Crippen LogP contribution is -2.49. The number of amidine groups is 1. The molecule has 7 nitrogen and oxygen atoms in total. The Morgan fingerprint density at radius 1 is 1.31 bits per heavy atom. The van der Waals surface area contributed by atoms with Crippen molar-refractivity contribution < 1.29 is 14.4 Å². The molecule has 2 aliphatic rings. The molecule has 1 aromatic carbocycles. The first-order valence-electron chi connectivity index (χ1n) is 8.46. The van der Waals surface area contributed by atoms with E-state index in [1.54, 1.807) is 4.90 Å². The summed E-state index contributed by atoms with van der Waals surface area (Å²) in [5.41, 5.74) is 2.52. The maximum Gasteiger partial charge on any atom is 0.270 e. The highest BCUT2D eigenvalue weighted by Gasteiger charge is 2.61. The number of carbonyl (C=O) groups is 3. The number of hydrogen-bond donors (Lipinski definition) is 1. The van der Waals surface area contributed by atoms with Gasteiger partial charge in [-0.2, -0.15) is 5.01 Å². The summed E-state index contributed by atoms with van der Waals surface area (Å²) in [4.78, 5) is 37.8. The van der Waals surface area contributed by atoms with Crippen molar-refractivity contribution in [2.24, 2.45) is 11.0 Å². The lowest BCUT2D eigenvalue weighted by Gasteiger charge is -2.29. The fourth-order valence-electron chi connectivity index (χ4n) is 3.39. The SMILES string of the molecule is CC(=O)NC1=NN(C(C)=O)C2(S1)C(=O)N(CC(C)C)c1c(C)cccc12. The van der Waals surface area contributed by atoms with E-state index in [4.69, 9.17) is 0 Å². The van der Waals surface area contributed by atoms with E-state index >= 15 is 0 Å². The van der Waals surface area contributed by atoms with Crippen molar-refractivity contribution in [1.29, 1.82) is 0 Å². The first kappa shape index (κ1) is 18.4. The molecule has 1 spiro atoms. The number of carbonyl (C=O) groups excluding carboxylic acids is 3. The van der Waals surface area contributed by atoms with Crippen molar-refractivity contribution in [2.75, 3.05) is 11.4 Å². The standard InChI is InChI=1S/C18H22N4O3S/c1-10(2)9-21-15-11(3)7-6-8-14(15)18(16(21)25)22(13(5)24)20-17(26-18)19-12(4)23/h6-8,10H,9H2,1-5H3,(H,19,20,23). The van der Waals surface area contributed by atoms with E-state index in [9.17, 15) is 14.4 Å². The Morgan fingerprint density at radius 2 is 2.00 bits per heavy atom. The van der Waals surface area contributed by atoms with Gasteiger partial charge in [-0.1, -0.05) is 32.0 Å². The summed E-state index contributed by atoms with van der Waals surface area (Å²) < 4.78 is 0. The number of thioether (sulfide) groups is 1. The second-order valence-electron chi connectivity index (χ2n) is 6.94. The largest absolute Gasteiger partial charge is 0.308 e. The molecule has 3 amide bonds. The van der Waals surface area contributed by atoms with Crippen molar-refractivity contribution in [1.82, 2.24) is 10.3 Å². The number of nitrogens with one attached hydrogen (secondary N) is 1. The smallest absolute Gasteiger partial charge is 0.270 e. The highest BCUT2D eigenvalue weighted by atomic mass is 32.2. The van der Waals surface area contributed by atoms with E-state index in [0.29, 0.717) is 6.54 Å². The molecule has 3 rings (SSSR count). The molecule has 8 heteroatoms. The van der Waals surface area contributed by atoms with Crippen LogP contribution in [0.1, 0.15) is 38.8 Å². The number of fused-ring (bicyclic) bond motifs is 2. The molecule has 138 valence electrons. The molecule has 0 aliphatic carbocycles. The number of rotatable bonds is 2. The first-order valence-corrected chi connectivity index (χ1v) is 9.28. The predicted molar refractivity (Wildman–Crippen MR) is 101 cm³/mol. The normalized spacial score (nSPS) is 21.5. The van der Waals surface area contributed by atoms with Gasteiger partial charge in [-0.25, -0.2) is 0 Å². The van der Waals surface area contributed by atoms with Crippen molar-refractivity contribution in [3.63, 3.8) is 0 Å². The Labute approximate surface area is 156 Å². The van der Waals surface area contributed by atoms with Crippen LogP contribution in [-0.2, 0) is 19.3 Å². The van der Waals surface area contributed by atoms with Gasteiger partial charge < -0.3 is 10.2 Å². The topological polar surface area (TPSA) is 82.1 Å². The highest BCUT2D eigenvalue weighted by Crippen LogP contribution is 2.55. The van der Waals surface area contributed by atoms with Crippen LogP contribution in [-0.4, -0.2) is 34.4 Å². The number of amides is 3. The van der Waals surface area contributed by atoms with Gasteiger partial charge in [0.1, 0.15) is 0 Å². The number of hydrogen-bond acceptors (Lipinski definition) is 5. The number of aryl methyl sites for hydroxylation is 1. The summed E-state index contributed by atoms with van der Waals surface area (Å²) in [6.45, 7) is 9.31. The van der Waals surface area contributed by atoms with Crippen LogP contribution in [0.2, 0.25) is 0 Å². The van der Waals surface area contributed by atoms with E-state index in [1.165, 1.54) is 18.9 Å². The van der Waals surface area contributed by atoms with Gasteiger partial charge in [0.2, 0.25) is 16.7 Å². The van der Waals surface area contributed by atoms with Crippen LogP contribution in [0.4, 0.5) is 5.69 Å². The molecule has 1 N–H and O–H groups in total. The number of para-hydroxylation sites is 1. The van der Waals surface area contributed by atoms with Gasteiger partial charge in [-0.15, -0.1) is 5.10 Å². The van der Waals surface area contributed by atoms with Gasteiger partial charge in [0.15, 0.2) is 5.17 Å². The zero-order valence-electron chi connectivity index (χ0n) is 15.5. The van der Waals surface area contributed by atoms with E-state index in [1.807, 2.05) is 39.0 Å². The van der Waals surface area contributed by atoms with E-state index in [2.05, 4.69) is 10.4 Å². The zero-order valence-corrected chi connectivity index (χ0v) is 16.3. The second-order valence-corrected chi connectivity index (χ2v) is 8.13. The van der Waals surface area contributed by atoms with Gasteiger partial charge >= 0.3 is 0 Å². The van der Waals surface area contributed by atoms with Crippen molar-refractivity contribution in [2.45, 2.75) is 39.5 Å². The van der Waals surface area contributed by atoms with E-state index in [0.717, 1.165) is 28.6 Å². The van der Waals surface area contributed by atoms with Crippen molar-refractivity contribution in [3.05, 3.63) is 29.3 Å². The predicted octanol–water partition coefficient (Wildman–Crippen LogP) is 2.15. The molecule has 2 heterocycles. The fraction of sp³-hybridized carbons (Fsp3) is 0.444.